The smallest absolute Gasteiger partial charge is 0.0963 e. The van der Waals surface area contributed by atoms with Gasteiger partial charge in [-0.3, -0.25) is 0 Å². The van der Waals surface area contributed by atoms with Crippen LogP contribution in [0.2, 0.25) is 0 Å². The summed E-state index contributed by atoms with van der Waals surface area (Å²) >= 11 is 0. The molecule has 2 rings (SSSR count). The highest BCUT2D eigenvalue weighted by molar-refractivity contribution is 5.12. The molecule has 0 aromatic rings. The number of likely N-dealkylation sites (tertiary alicyclic amines) is 1. The van der Waals surface area contributed by atoms with E-state index in [2.05, 4.69) is 27.9 Å². The molecule has 0 unspecified atom stereocenters. The Morgan fingerprint density at radius 2 is 1.60 bits per heavy atom. The maximum atomic E-state index is 11.0. The molecule has 0 aromatic heterocycles. The van der Waals surface area contributed by atoms with Crippen LogP contribution < -0.4 is 0 Å². The summed E-state index contributed by atoms with van der Waals surface area (Å²) in [6, 6.07) is 0.432. The van der Waals surface area contributed by atoms with E-state index in [1.165, 1.54) is 6.42 Å². The molecule has 2 aliphatic rings. The fourth-order valence-corrected chi connectivity index (χ4v) is 3.83. The van der Waals surface area contributed by atoms with Gasteiger partial charge in [0.1, 0.15) is 0 Å². The minimum Gasteiger partial charge on any atom is -0.386 e. The van der Waals surface area contributed by atoms with E-state index in [1.54, 1.807) is 0 Å². The van der Waals surface area contributed by atoms with Crippen molar-refractivity contribution < 1.29 is 14.7 Å². The van der Waals surface area contributed by atoms with Gasteiger partial charge >= 0.3 is 0 Å². The predicted molar refractivity (Wildman–Crippen MR) is 82.3 cm³/mol. The minimum atomic E-state index is -0.764. The fraction of sp³-hybridized carbons (Fsp3) is 0.882. The molecule has 3 heteroatoms. The maximum absolute atomic E-state index is 11.0. The van der Waals surface area contributed by atoms with Crippen LogP contribution in [0.3, 0.4) is 0 Å². The molecule has 0 radical (unpaired) electrons. The highest BCUT2D eigenvalue weighted by Gasteiger charge is 2.46. The molecule has 0 spiro atoms. The first-order valence-corrected chi connectivity index (χ1v) is 8.15. The number of aliphatic hydroxyl groups is 2. The fourth-order valence-electron chi connectivity index (χ4n) is 3.83. The Kier molecular flexibility index (Phi) is 4.35. The summed E-state index contributed by atoms with van der Waals surface area (Å²) in [5, 5.41) is 21.5. The van der Waals surface area contributed by atoms with Crippen LogP contribution in [0.1, 0.15) is 52.4 Å². The zero-order valence-electron chi connectivity index (χ0n) is 13.6. The molecule has 1 heterocycles. The lowest BCUT2D eigenvalue weighted by atomic mass is 9.76. The van der Waals surface area contributed by atoms with Gasteiger partial charge in [-0.25, -0.2) is 0 Å². The summed E-state index contributed by atoms with van der Waals surface area (Å²) in [5.74, 6) is 0.220. The number of nitrogens with zero attached hydrogens (tertiary/aromatic N) is 1. The average molecular weight is 282 g/mol. The summed E-state index contributed by atoms with van der Waals surface area (Å²) in [6.45, 7) is 5.31. The van der Waals surface area contributed by atoms with E-state index < -0.39 is 11.2 Å². The molecule has 1 saturated carbocycles. The molecular formula is C17H32NO2+. The molecule has 116 valence electrons. The third kappa shape index (κ3) is 3.26. The van der Waals surface area contributed by atoms with Gasteiger partial charge in [-0.05, 0) is 19.8 Å². The normalized spacial score (nSPS) is 40.9. The molecule has 3 atom stereocenters. The van der Waals surface area contributed by atoms with Crippen molar-refractivity contribution in [2.24, 2.45) is 5.92 Å². The minimum absolute atomic E-state index is 0.220. The van der Waals surface area contributed by atoms with Crippen molar-refractivity contribution in [2.45, 2.75) is 69.6 Å². The Balaban J connectivity index is 2.10. The van der Waals surface area contributed by atoms with E-state index in [1.807, 2.05) is 12.2 Å². The Bertz CT molecular complexity index is 371. The summed E-state index contributed by atoms with van der Waals surface area (Å²) in [5.41, 5.74) is -1.45. The van der Waals surface area contributed by atoms with E-state index in [0.29, 0.717) is 6.04 Å². The van der Waals surface area contributed by atoms with Gasteiger partial charge in [0.05, 0.1) is 37.9 Å². The van der Waals surface area contributed by atoms with Crippen LogP contribution in [0.15, 0.2) is 12.2 Å². The third-order valence-corrected chi connectivity index (χ3v) is 5.81. The molecule has 0 amide bonds. The van der Waals surface area contributed by atoms with Crippen LogP contribution in [-0.2, 0) is 0 Å². The standard InChI is InChI=1S/C17H32NO2/c1-14-13-18(3,4)15(2)12-17(14,20)11-10-16(19)8-6-5-7-9-16/h10-11,14-15,19-20H,5-9,12-13H2,1-4H3/q+1/b11-10+/t14-,15+,17+/m1/s1. The Morgan fingerprint density at radius 3 is 2.20 bits per heavy atom. The van der Waals surface area contributed by atoms with Crippen LogP contribution in [0, 0.1) is 5.92 Å². The first-order valence-electron chi connectivity index (χ1n) is 8.15. The van der Waals surface area contributed by atoms with Crippen molar-refractivity contribution in [2.75, 3.05) is 20.6 Å². The number of quaternary nitrogens is 1. The summed E-state index contributed by atoms with van der Waals surface area (Å²) in [6.07, 6.45) is 9.67. The Labute approximate surface area is 123 Å². The lowest BCUT2D eigenvalue weighted by Crippen LogP contribution is -2.61. The summed E-state index contributed by atoms with van der Waals surface area (Å²) in [4.78, 5) is 0. The molecular weight excluding hydrogens is 250 g/mol. The van der Waals surface area contributed by atoms with E-state index in [0.717, 1.165) is 43.1 Å². The van der Waals surface area contributed by atoms with Crippen molar-refractivity contribution in [1.29, 1.82) is 0 Å². The van der Waals surface area contributed by atoms with E-state index in [4.69, 9.17) is 0 Å². The van der Waals surface area contributed by atoms with Crippen LogP contribution in [0.5, 0.6) is 0 Å². The molecule has 1 aliphatic carbocycles. The maximum Gasteiger partial charge on any atom is 0.0963 e. The van der Waals surface area contributed by atoms with E-state index in [-0.39, 0.29) is 5.92 Å². The van der Waals surface area contributed by atoms with Crippen LogP contribution in [0.4, 0.5) is 0 Å². The lowest BCUT2D eigenvalue weighted by molar-refractivity contribution is -0.924. The first-order chi connectivity index (χ1) is 9.17. The molecule has 1 aliphatic heterocycles. The summed E-state index contributed by atoms with van der Waals surface area (Å²) in [7, 11) is 4.47. The molecule has 20 heavy (non-hydrogen) atoms. The Hall–Kier alpha value is -0.380. The number of hydrogen-bond acceptors (Lipinski definition) is 2. The summed E-state index contributed by atoms with van der Waals surface area (Å²) < 4.78 is 0.960. The van der Waals surface area contributed by atoms with Gasteiger partial charge in [-0.2, -0.15) is 0 Å². The van der Waals surface area contributed by atoms with Crippen LogP contribution in [0.25, 0.3) is 0 Å². The molecule has 1 saturated heterocycles. The van der Waals surface area contributed by atoms with Crippen molar-refractivity contribution in [3.05, 3.63) is 12.2 Å². The van der Waals surface area contributed by atoms with Gasteiger partial charge in [0.25, 0.3) is 0 Å². The van der Waals surface area contributed by atoms with Crippen LogP contribution in [-0.4, -0.2) is 52.6 Å². The van der Waals surface area contributed by atoms with Gasteiger partial charge in [-0.15, -0.1) is 0 Å². The molecule has 2 N–H and O–H groups in total. The van der Waals surface area contributed by atoms with E-state index in [9.17, 15) is 10.2 Å². The lowest BCUT2D eigenvalue weighted by Gasteiger charge is -2.49. The second-order valence-corrected chi connectivity index (χ2v) is 7.90. The molecule has 0 aromatic carbocycles. The van der Waals surface area contributed by atoms with Crippen molar-refractivity contribution >= 4 is 0 Å². The van der Waals surface area contributed by atoms with Gasteiger partial charge in [-0.1, -0.05) is 38.3 Å². The predicted octanol–water partition coefficient (Wildman–Crippen LogP) is 2.47. The monoisotopic (exact) mass is 282 g/mol. The second kappa shape index (κ2) is 5.43. The highest BCUT2D eigenvalue weighted by Crippen LogP contribution is 2.37. The number of piperidine rings is 1. The SMILES string of the molecule is C[C@@H]1C[N+](C)(C)[C@@H](C)C[C@@]1(O)/C=C/C1(O)CCCCC1. The number of rotatable bonds is 2. The zero-order chi connectivity index (χ0) is 15.0. The van der Waals surface area contributed by atoms with Crippen LogP contribution >= 0.6 is 0 Å². The molecule has 2 fully saturated rings. The van der Waals surface area contributed by atoms with Crippen molar-refractivity contribution in [3.8, 4) is 0 Å². The molecule has 3 nitrogen and oxygen atoms in total. The topological polar surface area (TPSA) is 40.5 Å². The largest absolute Gasteiger partial charge is 0.386 e. The second-order valence-electron chi connectivity index (χ2n) is 7.90. The van der Waals surface area contributed by atoms with Gasteiger partial charge in [0.15, 0.2) is 0 Å². The van der Waals surface area contributed by atoms with Crippen molar-refractivity contribution in [1.82, 2.24) is 0 Å². The molecule has 0 bridgehead atoms. The zero-order valence-corrected chi connectivity index (χ0v) is 13.6. The van der Waals surface area contributed by atoms with E-state index >= 15 is 0 Å². The highest BCUT2D eigenvalue weighted by atomic mass is 16.3. The van der Waals surface area contributed by atoms with Crippen molar-refractivity contribution in [3.63, 3.8) is 0 Å². The Morgan fingerprint density at radius 1 is 1.00 bits per heavy atom. The third-order valence-electron chi connectivity index (χ3n) is 5.81. The number of hydrogen-bond donors (Lipinski definition) is 2. The van der Waals surface area contributed by atoms with Gasteiger partial charge < -0.3 is 14.7 Å². The van der Waals surface area contributed by atoms with Gasteiger partial charge in [0.2, 0.25) is 0 Å². The quantitative estimate of drug-likeness (QED) is 0.603. The van der Waals surface area contributed by atoms with Gasteiger partial charge in [0, 0.05) is 12.3 Å². The first kappa shape index (κ1) is 16.0. The average Bonchev–Trinajstić information content (AvgIpc) is 2.35.